The average Bonchev–Trinajstić information content (AvgIpc) is 3.69. The summed E-state index contributed by atoms with van der Waals surface area (Å²) in [6, 6.07) is 29.4. The number of hydrogen-bond acceptors (Lipinski definition) is 6. The van der Waals surface area contributed by atoms with Gasteiger partial charge in [0.25, 0.3) is 0 Å². The highest BCUT2D eigenvalue weighted by atomic mass is 16.5. The van der Waals surface area contributed by atoms with Crippen molar-refractivity contribution in [1.82, 2.24) is 0 Å². The van der Waals surface area contributed by atoms with E-state index in [9.17, 15) is 9.59 Å². The zero-order valence-electron chi connectivity index (χ0n) is 31.3. The second kappa shape index (κ2) is 16.0. The van der Waals surface area contributed by atoms with Gasteiger partial charge in [0.2, 0.25) is 0 Å². The molecule has 2 fully saturated rings. The summed E-state index contributed by atoms with van der Waals surface area (Å²) in [4.78, 5) is 24.9. The lowest BCUT2D eigenvalue weighted by atomic mass is 10.1. The Kier molecular flexibility index (Phi) is 11.7. The number of esters is 2. The molecule has 4 atom stereocenters. The normalized spacial score (nSPS) is 20.5. The molecule has 6 heteroatoms. The molecule has 0 radical (unpaired) electrons. The summed E-state index contributed by atoms with van der Waals surface area (Å²) in [6.07, 6.45) is 6.78. The number of furan rings is 1. The Labute approximate surface area is 303 Å². The van der Waals surface area contributed by atoms with Crippen molar-refractivity contribution in [2.75, 3.05) is 0 Å². The maximum Gasteiger partial charge on any atom is 0.310 e. The van der Waals surface area contributed by atoms with Crippen molar-refractivity contribution >= 4 is 11.9 Å². The molecular weight excluding hydrogens is 636 g/mol. The van der Waals surface area contributed by atoms with Crippen LogP contribution in [0.1, 0.15) is 77.8 Å². The van der Waals surface area contributed by atoms with Crippen LogP contribution in [0.4, 0.5) is 0 Å². The molecule has 0 amide bonds. The highest BCUT2D eigenvalue weighted by Gasteiger charge is 2.62. The fourth-order valence-electron chi connectivity index (χ4n) is 6.80. The summed E-state index contributed by atoms with van der Waals surface area (Å²) in [5.74, 6) is 2.62. The minimum atomic E-state index is -0.119. The number of para-hydroxylation sites is 1. The second-order valence-corrected chi connectivity index (χ2v) is 15.5. The van der Waals surface area contributed by atoms with Gasteiger partial charge < -0.3 is 18.6 Å². The van der Waals surface area contributed by atoms with Gasteiger partial charge in [-0.15, -0.1) is 0 Å². The Morgan fingerprint density at radius 2 is 1.12 bits per heavy atom. The summed E-state index contributed by atoms with van der Waals surface area (Å²) >= 11 is 0. The van der Waals surface area contributed by atoms with Crippen LogP contribution in [-0.2, 0) is 38.7 Å². The van der Waals surface area contributed by atoms with Crippen LogP contribution in [0.25, 0.3) is 0 Å². The minimum Gasteiger partial charge on any atom is -0.469 e. The molecule has 0 spiro atoms. The van der Waals surface area contributed by atoms with Gasteiger partial charge in [0.1, 0.15) is 30.5 Å². The van der Waals surface area contributed by atoms with E-state index in [1.165, 1.54) is 16.7 Å². The van der Waals surface area contributed by atoms with Crippen LogP contribution >= 0.6 is 0 Å². The van der Waals surface area contributed by atoms with Crippen LogP contribution < -0.4 is 4.74 Å². The van der Waals surface area contributed by atoms with Gasteiger partial charge in [0.15, 0.2) is 0 Å². The number of hydrogen-bond donors (Lipinski definition) is 0. The average molecular weight is 689 g/mol. The Morgan fingerprint density at radius 3 is 1.67 bits per heavy atom. The second-order valence-electron chi connectivity index (χ2n) is 15.5. The molecule has 4 aromatic rings. The summed E-state index contributed by atoms with van der Waals surface area (Å²) in [6.45, 7) is 17.3. The van der Waals surface area contributed by atoms with Gasteiger partial charge in [0, 0.05) is 12.0 Å². The third-order valence-electron chi connectivity index (χ3n) is 9.92. The standard InChI is InChI=1S/C23H26O3.C22H26O3/c1-16(2)13-20-21(23(20,3)4)22(24)25-15-17-9-8-12-19(14-17)26-18-10-6-5-7-11-18;1-15(2)10-19-20(22(19,3)4)21(23)25-14-17-12-18(24-13-17)11-16-8-6-5-7-9-16/h5-14,20-21H,15H2,1-4H3;5-10,12-13,19-20H,11,14H2,1-4H3/t;19-,20+/m.1/s1. The third kappa shape index (κ3) is 9.90. The van der Waals surface area contributed by atoms with E-state index < -0.39 is 0 Å². The fourth-order valence-corrected chi connectivity index (χ4v) is 6.80. The predicted octanol–water partition coefficient (Wildman–Crippen LogP) is 10.9. The van der Waals surface area contributed by atoms with Crippen molar-refractivity contribution in [2.24, 2.45) is 34.5 Å². The smallest absolute Gasteiger partial charge is 0.310 e. The molecule has 0 bridgehead atoms. The molecule has 2 saturated carbocycles. The van der Waals surface area contributed by atoms with E-state index in [-0.39, 0.29) is 59.7 Å². The lowest BCUT2D eigenvalue weighted by Crippen LogP contribution is -2.10. The largest absolute Gasteiger partial charge is 0.469 e. The van der Waals surface area contributed by atoms with E-state index in [2.05, 4.69) is 79.7 Å². The van der Waals surface area contributed by atoms with Crippen LogP contribution in [-0.4, -0.2) is 11.9 Å². The summed E-state index contributed by atoms with van der Waals surface area (Å²) < 4.78 is 22.5. The fraction of sp³-hybridized carbons (Fsp3) is 0.378. The van der Waals surface area contributed by atoms with Crippen molar-refractivity contribution in [3.63, 3.8) is 0 Å². The molecule has 0 N–H and O–H groups in total. The zero-order chi connectivity index (χ0) is 36.8. The zero-order valence-corrected chi connectivity index (χ0v) is 31.3. The Morgan fingerprint density at radius 1 is 0.627 bits per heavy atom. The number of carbonyl (C=O) groups is 2. The molecule has 2 aliphatic rings. The van der Waals surface area contributed by atoms with Gasteiger partial charge in [-0.3, -0.25) is 9.59 Å². The van der Waals surface area contributed by atoms with Crippen LogP contribution in [0.3, 0.4) is 0 Å². The van der Waals surface area contributed by atoms with Gasteiger partial charge in [-0.1, -0.05) is 112 Å². The lowest BCUT2D eigenvalue weighted by Gasteiger charge is -2.09. The molecule has 2 unspecified atom stereocenters. The van der Waals surface area contributed by atoms with Crippen LogP contribution in [0, 0.1) is 34.5 Å². The molecule has 51 heavy (non-hydrogen) atoms. The van der Waals surface area contributed by atoms with Gasteiger partial charge in [-0.05, 0) is 91.8 Å². The van der Waals surface area contributed by atoms with Crippen LogP contribution in [0.5, 0.6) is 11.5 Å². The van der Waals surface area contributed by atoms with E-state index in [4.69, 9.17) is 18.6 Å². The first kappa shape index (κ1) is 37.4. The molecule has 0 saturated heterocycles. The van der Waals surface area contributed by atoms with Gasteiger partial charge in [-0.2, -0.15) is 0 Å². The van der Waals surface area contributed by atoms with Crippen molar-refractivity contribution < 1.29 is 28.2 Å². The highest BCUT2D eigenvalue weighted by molar-refractivity contribution is 5.79. The van der Waals surface area contributed by atoms with Crippen molar-refractivity contribution in [3.05, 3.63) is 143 Å². The van der Waals surface area contributed by atoms with Crippen molar-refractivity contribution in [2.45, 2.75) is 75.0 Å². The highest BCUT2D eigenvalue weighted by Crippen LogP contribution is 2.60. The number of carbonyl (C=O) groups excluding carboxylic acids is 2. The van der Waals surface area contributed by atoms with E-state index in [0.717, 1.165) is 34.8 Å². The third-order valence-corrected chi connectivity index (χ3v) is 9.92. The van der Waals surface area contributed by atoms with Crippen molar-refractivity contribution in [3.8, 4) is 11.5 Å². The SMILES string of the molecule is CC(C)=CC1C(C(=O)OCc2cccc(Oc3ccccc3)c2)C1(C)C.CC(C)=C[C@@H]1[C@@H](C(=O)OCc2coc(Cc3ccccc3)c2)C1(C)C. The molecule has 6 nitrogen and oxygen atoms in total. The monoisotopic (exact) mass is 688 g/mol. The Hall–Kier alpha value is -4.84. The van der Waals surface area contributed by atoms with E-state index in [1.807, 2.05) is 78.9 Å². The number of allylic oxidation sites excluding steroid dienone is 4. The Bertz CT molecular complexity index is 1840. The number of benzene rings is 3. The van der Waals surface area contributed by atoms with Gasteiger partial charge in [-0.25, -0.2) is 0 Å². The van der Waals surface area contributed by atoms with Crippen molar-refractivity contribution in [1.29, 1.82) is 0 Å². The molecule has 0 aliphatic heterocycles. The predicted molar refractivity (Wildman–Crippen MR) is 201 cm³/mol. The van der Waals surface area contributed by atoms with Gasteiger partial charge >= 0.3 is 11.9 Å². The quantitative estimate of drug-likeness (QED) is 0.109. The molecule has 268 valence electrons. The van der Waals surface area contributed by atoms with E-state index >= 15 is 0 Å². The molecule has 6 rings (SSSR count). The first-order valence-corrected chi connectivity index (χ1v) is 17.8. The summed E-state index contributed by atoms with van der Waals surface area (Å²) in [5.41, 5.74) is 5.47. The van der Waals surface area contributed by atoms with E-state index in [1.54, 1.807) is 6.26 Å². The van der Waals surface area contributed by atoms with Crippen LogP contribution in [0.2, 0.25) is 0 Å². The van der Waals surface area contributed by atoms with Crippen LogP contribution in [0.15, 0.2) is 125 Å². The first-order valence-electron chi connectivity index (χ1n) is 17.8. The lowest BCUT2D eigenvalue weighted by molar-refractivity contribution is -0.148. The summed E-state index contributed by atoms with van der Waals surface area (Å²) in [7, 11) is 0. The maximum atomic E-state index is 12.5. The Balaban J connectivity index is 0.000000198. The maximum absolute atomic E-state index is 12.5. The number of ether oxygens (including phenoxy) is 3. The summed E-state index contributed by atoms with van der Waals surface area (Å²) in [5, 5.41) is 0. The molecule has 1 heterocycles. The molecule has 1 aromatic heterocycles. The number of rotatable bonds is 12. The van der Waals surface area contributed by atoms with E-state index in [0.29, 0.717) is 0 Å². The minimum absolute atomic E-state index is 0.0107. The first-order chi connectivity index (χ1) is 24.3. The molecular formula is C45H52O6. The molecule has 3 aromatic carbocycles. The van der Waals surface area contributed by atoms with Gasteiger partial charge in [0.05, 0.1) is 18.1 Å². The topological polar surface area (TPSA) is 75.0 Å². The molecule has 2 aliphatic carbocycles.